The third-order valence-corrected chi connectivity index (χ3v) is 2.13. The van der Waals surface area contributed by atoms with Crippen LogP contribution in [0.15, 0.2) is 30.9 Å². The molecule has 0 N–H and O–H groups in total. The van der Waals surface area contributed by atoms with Crippen LogP contribution < -0.4 is 4.74 Å². The van der Waals surface area contributed by atoms with Gasteiger partial charge in [-0.3, -0.25) is 0 Å². The smallest absolute Gasteiger partial charge is 0.123 e. The molecule has 13 heavy (non-hydrogen) atoms. The third-order valence-electron chi connectivity index (χ3n) is 1.89. The fourth-order valence-electron chi connectivity index (χ4n) is 1.10. The predicted octanol–water partition coefficient (Wildman–Crippen LogP) is 3.48. The SMILES string of the molecule is C=C[C](C)c1cc(Cl)ccc1OC. The molecule has 0 saturated heterocycles. The summed E-state index contributed by atoms with van der Waals surface area (Å²) in [5.41, 5.74) is 0.991. The maximum atomic E-state index is 5.87. The molecule has 0 aliphatic rings. The van der Waals surface area contributed by atoms with E-state index in [2.05, 4.69) is 6.58 Å². The van der Waals surface area contributed by atoms with E-state index < -0.39 is 0 Å². The van der Waals surface area contributed by atoms with Crippen LogP contribution in [0.5, 0.6) is 5.75 Å². The zero-order chi connectivity index (χ0) is 9.84. The first kappa shape index (κ1) is 10.1. The highest BCUT2D eigenvalue weighted by Crippen LogP contribution is 2.29. The predicted molar refractivity (Wildman–Crippen MR) is 56.2 cm³/mol. The number of benzene rings is 1. The molecular weight excluding hydrogens is 184 g/mol. The number of methoxy groups -OCH3 is 1. The number of hydrogen-bond acceptors (Lipinski definition) is 1. The van der Waals surface area contributed by atoms with Gasteiger partial charge in [0, 0.05) is 16.5 Å². The molecule has 0 spiro atoms. The molecule has 0 aliphatic carbocycles. The van der Waals surface area contributed by atoms with Gasteiger partial charge in [-0.15, -0.1) is 6.58 Å². The Labute approximate surface area is 84.0 Å². The molecule has 1 aromatic carbocycles. The Hall–Kier alpha value is -0.950. The van der Waals surface area contributed by atoms with Crippen LogP contribution in [-0.4, -0.2) is 7.11 Å². The Morgan fingerprint density at radius 3 is 2.77 bits per heavy atom. The summed E-state index contributed by atoms with van der Waals surface area (Å²) in [7, 11) is 1.64. The number of allylic oxidation sites excluding steroid dienone is 1. The van der Waals surface area contributed by atoms with Crippen LogP contribution >= 0.6 is 11.6 Å². The van der Waals surface area contributed by atoms with Crippen LogP contribution in [0.1, 0.15) is 12.5 Å². The molecule has 0 bridgehead atoms. The first-order chi connectivity index (χ1) is 6.19. The van der Waals surface area contributed by atoms with Crippen molar-refractivity contribution in [3.63, 3.8) is 0 Å². The molecular formula is C11H12ClO. The molecule has 0 aliphatic heterocycles. The lowest BCUT2D eigenvalue weighted by Crippen LogP contribution is -1.95. The van der Waals surface area contributed by atoms with Crippen molar-refractivity contribution < 1.29 is 4.74 Å². The fourth-order valence-corrected chi connectivity index (χ4v) is 1.27. The summed E-state index contributed by atoms with van der Waals surface area (Å²) in [6.07, 6.45) is 1.79. The van der Waals surface area contributed by atoms with Crippen molar-refractivity contribution in [3.05, 3.63) is 47.4 Å². The van der Waals surface area contributed by atoms with E-state index in [1.165, 1.54) is 0 Å². The van der Waals surface area contributed by atoms with E-state index >= 15 is 0 Å². The minimum Gasteiger partial charge on any atom is -0.496 e. The highest BCUT2D eigenvalue weighted by Gasteiger charge is 2.08. The van der Waals surface area contributed by atoms with Gasteiger partial charge in [0.05, 0.1) is 7.11 Å². The Morgan fingerprint density at radius 1 is 1.54 bits per heavy atom. The maximum absolute atomic E-state index is 5.87. The molecule has 0 heterocycles. The van der Waals surface area contributed by atoms with Crippen LogP contribution in [0.3, 0.4) is 0 Å². The second-order valence-corrected chi connectivity index (χ2v) is 3.17. The van der Waals surface area contributed by atoms with Crippen molar-refractivity contribution in [3.8, 4) is 5.75 Å². The molecule has 0 amide bonds. The monoisotopic (exact) mass is 195 g/mol. The summed E-state index contributed by atoms with van der Waals surface area (Å²) in [5.74, 6) is 1.88. The average Bonchev–Trinajstić information content (AvgIpc) is 2.16. The second-order valence-electron chi connectivity index (χ2n) is 2.73. The number of ether oxygens (including phenoxy) is 1. The summed E-state index contributed by atoms with van der Waals surface area (Å²) in [5, 5.41) is 0.706. The minimum absolute atomic E-state index is 0.706. The van der Waals surface area contributed by atoms with Gasteiger partial charge in [-0.05, 0) is 18.2 Å². The zero-order valence-corrected chi connectivity index (χ0v) is 8.56. The summed E-state index contributed by atoms with van der Waals surface area (Å²) in [6.45, 7) is 5.68. The normalized spacial score (nSPS) is 10.2. The van der Waals surface area contributed by atoms with Crippen molar-refractivity contribution in [1.29, 1.82) is 0 Å². The average molecular weight is 196 g/mol. The van der Waals surface area contributed by atoms with E-state index in [-0.39, 0.29) is 0 Å². The minimum atomic E-state index is 0.706. The second kappa shape index (κ2) is 4.33. The van der Waals surface area contributed by atoms with Gasteiger partial charge in [0.15, 0.2) is 0 Å². The number of hydrogen-bond donors (Lipinski definition) is 0. The van der Waals surface area contributed by atoms with Crippen LogP contribution in [0.4, 0.5) is 0 Å². The Morgan fingerprint density at radius 2 is 2.23 bits per heavy atom. The lowest BCUT2D eigenvalue weighted by atomic mass is 10.0. The Bertz CT molecular complexity index is 307. The quantitative estimate of drug-likeness (QED) is 0.718. The number of halogens is 1. The van der Waals surface area contributed by atoms with Gasteiger partial charge < -0.3 is 4.74 Å². The first-order valence-electron chi connectivity index (χ1n) is 3.99. The number of rotatable bonds is 3. The van der Waals surface area contributed by atoms with Gasteiger partial charge in [0.1, 0.15) is 5.75 Å². The van der Waals surface area contributed by atoms with Crippen molar-refractivity contribution in [2.45, 2.75) is 6.92 Å². The fraction of sp³-hybridized carbons (Fsp3) is 0.182. The summed E-state index contributed by atoms with van der Waals surface area (Å²) < 4.78 is 5.20. The lowest BCUT2D eigenvalue weighted by molar-refractivity contribution is 0.411. The molecule has 1 rings (SSSR count). The highest BCUT2D eigenvalue weighted by atomic mass is 35.5. The largest absolute Gasteiger partial charge is 0.496 e. The first-order valence-corrected chi connectivity index (χ1v) is 4.36. The van der Waals surface area contributed by atoms with Crippen molar-refractivity contribution in [2.75, 3.05) is 7.11 Å². The summed E-state index contributed by atoms with van der Waals surface area (Å²) in [6, 6.07) is 5.53. The molecule has 0 aromatic heterocycles. The molecule has 1 nitrogen and oxygen atoms in total. The van der Waals surface area contributed by atoms with Crippen LogP contribution in [0.2, 0.25) is 5.02 Å². The molecule has 0 atom stereocenters. The molecule has 0 unspecified atom stereocenters. The summed E-state index contributed by atoms with van der Waals surface area (Å²) in [4.78, 5) is 0. The van der Waals surface area contributed by atoms with Crippen LogP contribution in [0.25, 0.3) is 0 Å². The van der Waals surface area contributed by atoms with Crippen molar-refractivity contribution in [1.82, 2.24) is 0 Å². The molecule has 69 valence electrons. The molecule has 1 radical (unpaired) electrons. The molecule has 0 fully saturated rings. The standard InChI is InChI=1S/C11H12ClO/c1-4-8(2)10-7-9(12)5-6-11(10)13-3/h4-7H,1H2,2-3H3. The van der Waals surface area contributed by atoms with E-state index in [0.29, 0.717) is 5.02 Å². The Kier molecular flexibility index (Phi) is 3.38. The molecule has 2 heteroatoms. The third kappa shape index (κ3) is 2.25. The highest BCUT2D eigenvalue weighted by molar-refractivity contribution is 6.30. The molecule has 0 saturated carbocycles. The topological polar surface area (TPSA) is 9.23 Å². The van der Waals surface area contributed by atoms with Crippen LogP contribution in [-0.2, 0) is 0 Å². The zero-order valence-electron chi connectivity index (χ0n) is 7.80. The van der Waals surface area contributed by atoms with Gasteiger partial charge in [-0.1, -0.05) is 24.6 Å². The van der Waals surface area contributed by atoms with E-state index in [9.17, 15) is 0 Å². The van der Waals surface area contributed by atoms with Gasteiger partial charge in [-0.2, -0.15) is 0 Å². The van der Waals surface area contributed by atoms with Crippen molar-refractivity contribution >= 4 is 11.6 Å². The van der Waals surface area contributed by atoms with E-state index in [1.807, 2.05) is 19.1 Å². The van der Waals surface area contributed by atoms with Gasteiger partial charge in [-0.25, -0.2) is 0 Å². The Balaban J connectivity index is 3.14. The van der Waals surface area contributed by atoms with Gasteiger partial charge in [0.2, 0.25) is 0 Å². The maximum Gasteiger partial charge on any atom is 0.123 e. The van der Waals surface area contributed by atoms with Crippen LogP contribution in [0, 0.1) is 5.92 Å². The van der Waals surface area contributed by atoms with Gasteiger partial charge >= 0.3 is 0 Å². The lowest BCUT2D eigenvalue weighted by Gasteiger charge is -2.11. The van der Waals surface area contributed by atoms with E-state index in [0.717, 1.165) is 17.2 Å². The molecule has 1 aromatic rings. The van der Waals surface area contributed by atoms with E-state index in [4.69, 9.17) is 16.3 Å². The van der Waals surface area contributed by atoms with Gasteiger partial charge in [0.25, 0.3) is 0 Å². The van der Waals surface area contributed by atoms with E-state index in [1.54, 1.807) is 19.3 Å². The summed E-state index contributed by atoms with van der Waals surface area (Å²) >= 11 is 5.87. The van der Waals surface area contributed by atoms with Crippen molar-refractivity contribution in [2.24, 2.45) is 0 Å².